The molecule has 25 heavy (non-hydrogen) atoms. The van der Waals surface area contributed by atoms with Gasteiger partial charge in [-0.15, -0.1) is 0 Å². The highest BCUT2D eigenvalue weighted by Crippen LogP contribution is 2.28. The molecule has 0 amide bonds. The highest BCUT2D eigenvalue weighted by atomic mass is 19.1. The third-order valence-corrected chi connectivity index (χ3v) is 3.90. The molecule has 0 aliphatic carbocycles. The zero-order chi connectivity index (χ0) is 18.3. The van der Waals surface area contributed by atoms with Crippen molar-refractivity contribution in [3.05, 3.63) is 48.6 Å². The number of hydrogen-bond acceptors (Lipinski definition) is 3. The molecular weight excluding hydrogens is 319 g/mol. The Balaban J connectivity index is 2.00. The van der Waals surface area contributed by atoms with Crippen LogP contribution in [0.5, 0.6) is 0 Å². The molecule has 1 heterocycles. The molecule has 3 atom stereocenters. The summed E-state index contributed by atoms with van der Waals surface area (Å²) in [5.74, 6) is -0.160. The van der Waals surface area contributed by atoms with Crippen molar-refractivity contribution in [1.29, 1.82) is 0 Å². The SMILES string of the molecule is COC(=O)CCC[C@@H]1O[C@H]1/C=C/C=C/C=C\C/C=C\CCC[C@@H](C)F. The summed E-state index contributed by atoms with van der Waals surface area (Å²) in [4.78, 5) is 11.0. The maximum Gasteiger partial charge on any atom is 0.305 e. The molecule has 1 aliphatic rings. The number of rotatable bonds is 13. The van der Waals surface area contributed by atoms with Crippen LogP contribution in [0.2, 0.25) is 0 Å². The third-order valence-electron chi connectivity index (χ3n) is 3.90. The number of hydrogen-bond donors (Lipinski definition) is 0. The van der Waals surface area contributed by atoms with Gasteiger partial charge in [0.1, 0.15) is 6.10 Å². The topological polar surface area (TPSA) is 38.8 Å². The molecule has 0 radical (unpaired) electrons. The lowest BCUT2D eigenvalue weighted by atomic mass is 10.1. The van der Waals surface area contributed by atoms with Gasteiger partial charge in [0, 0.05) is 6.42 Å². The van der Waals surface area contributed by atoms with Gasteiger partial charge < -0.3 is 9.47 Å². The van der Waals surface area contributed by atoms with Crippen LogP contribution < -0.4 is 0 Å². The van der Waals surface area contributed by atoms with E-state index in [2.05, 4.69) is 23.0 Å². The first-order chi connectivity index (χ1) is 12.1. The van der Waals surface area contributed by atoms with E-state index in [-0.39, 0.29) is 18.2 Å². The Bertz CT molecular complexity index is 478. The Hall–Kier alpha value is -1.68. The second-order valence-electron chi connectivity index (χ2n) is 6.22. The fourth-order valence-corrected chi connectivity index (χ4v) is 2.38. The van der Waals surface area contributed by atoms with Gasteiger partial charge in [-0.25, -0.2) is 4.39 Å². The van der Waals surface area contributed by atoms with Crippen LogP contribution >= 0.6 is 0 Å². The first kappa shape index (κ1) is 21.4. The first-order valence-electron chi connectivity index (χ1n) is 9.14. The number of epoxide rings is 1. The Morgan fingerprint density at radius 1 is 1.16 bits per heavy atom. The van der Waals surface area contributed by atoms with Crippen LogP contribution in [-0.4, -0.2) is 31.5 Å². The van der Waals surface area contributed by atoms with Gasteiger partial charge in [0.15, 0.2) is 0 Å². The average Bonchev–Trinajstić information content (AvgIpc) is 3.33. The summed E-state index contributed by atoms with van der Waals surface area (Å²) < 4.78 is 22.7. The van der Waals surface area contributed by atoms with Gasteiger partial charge in [-0.2, -0.15) is 0 Å². The minimum absolute atomic E-state index is 0.160. The van der Waals surface area contributed by atoms with Crippen LogP contribution in [0.3, 0.4) is 0 Å². The highest BCUT2D eigenvalue weighted by Gasteiger charge is 2.35. The van der Waals surface area contributed by atoms with E-state index in [4.69, 9.17) is 4.74 Å². The van der Waals surface area contributed by atoms with Crippen LogP contribution in [-0.2, 0) is 14.3 Å². The molecule has 0 saturated carbocycles. The zero-order valence-corrected chi connectivity index (χ0v) is 15.4. The summed E-state index contributed by atoms with van der Waals surface area (Å²) >= 11 is 0. The second kappa shape index (κ2) is 13.6. The van der Waals surface area contributed by atoms with Crippen molar-refractivity contribution in [1.82, 2.24) is 0 Å². The van der Waals surface area contributed by atoms with Crippen molar-refractivity contribution in [3.63, 3.8) is 0 Å². The van der Waals surface area contributed by atoms with E-state index in [9.17, 15) is 9.18 Å². The summed E-state index contributed by atoms with van der Waals surface area (Å²) in [6.45, 7) is 1.61. The Kier molecular flexibility index (Phi) is 11.6. The molecule has 0 unspecified atom stereocenters. The molecule has 140 valence electrons. The zero-order valence-electron chi connectivity index (χ0n) is 15.4. The highest BCUT2D eigenvalue weighted by molar-refractivity contribution is 5.68. The van der Waals surface area contributed by atoms with Crippen LogP contribution in [0.4, 0.5) is 4.39 Å². The molecule has 0 N–H and O–H groups in total. The number of alkyl halides is 1. The minimum Gasteiger partial charge on any atom is -0.469 e. The number of carbonyl (C=O) groups is 1. The van der Waals surface area contributed by atoms with Crippen molar-refractivity contribution in [2.75, 3.05) is 7.11 Å². The Morgan fingerprint density at radius 2 is 1.96 bits per heavy atom. The van der Waals surface area contributed by atoms with E-state index in [1.54, 1.807) is 6.92 Å². The number of unbranched alkanes of at least 4 members (excludes halogenated alkanes) is 1. The maximum absolute atomic E-state index is 12.6. The van der Waals surface area contributed by atoms with E-state index in [0.717, 1.165) is 32.1 Å². The number of carbonyl (C=O) groups excluding carboxylic acids is 1. The Labute approximate surface area is 151 Å². The predicted octanol–water partition coefficient (Wildman–Crippen LogP) is 5.24. The van der Waals surface area contributed by atoms with Crippen molar-refractivity contribution < 1.29 is 18.7 Å². The number of ether oxygens (including phenoxy) is 2. The molecule has 0 aromatic heterocycles. The number of methoxy groups -OCH3 is 1. The predicted molar refractivity (Wildman–Crippen MR) is 100 cm³/mol. The fraction of sp³-hybridized carbons (Fsp3) is 0.571. The summed E-state index contributed by atoms with van der Waals surface area (Å²) in [6.07, 6.45) is 21.6. The molecule has 1 rings (SSSR count). The monoisotopic (exact) mass is 350 g/mol. The Morgan fingerprint density at radius 3 is 2.72 bits per heavy atom. The first-order valence-corrected chi connectivity index (χ1v) is 9.14. The van der Waals surface area contributed by atoms with Crippen molar-refractivity contribution >= 4 is 5.97 Å². The second-order valence-corrected chi connectivity index (χ2v) is 6.22. The van der Waals surface area contributed by atoms with Crippen molar-refractivity contribution in [2.24, 2.45) is 0 Å². The largest absolute Gasteiger partial charge is 0.469 e. The molecule has 0 bridgehead atoms. The normalized spacial score (nSPS) is 21.7. The standard InChI is InChI=1S/C21H31FO3/c1-18(22)14-11-9-7-5-3-4-6-8-10-12-15-19-20(25-19)16-13-17-21(23)24-2/h4-8,10,12,15,18-20H,3,9,11,13-14,16-17H2,1-2H3/b6-4-,7-5-,10-8+,15-12+/t18-,19+,20+/m1/s1. The van der Waals surface area contributed by atoms with Crippen LogP contribution in [0.15, 0.2) is 48.6 Å². The quantitative estimate of drug-likeness (QED) is 0.150. The van der Waals surface area contributed by atoms with E-state index in [1.807, 2.05) is 30.4 Å². The average molecular weight is 350 g/mol. The minimum atomic E-state index is -0.692. The molecule has 1 saturated heterocycles. The molecule has 1 aliphatic heterocycles. The van der Waals surface area contributed by atoms with E-state index in [0.29, 0.717) is 12.8 Å². The molecular formula is C21H31FO3. The maximum atomic E-state index is 12.6. The van der Waals surface area contributed by atoms with Crippen LogP contribution in [0.1, 0.15) is 51.9 Å². The van der Waals surface area contributed by atoms with Gasteiger partial charge in [-0.3, -0.25) is 4.79 Å². The lowest BCUT2D eigenvalue weighted by Crippen LogP contribution is -2.01. The van der Waals surface area contributed by atoms with Crippen LogP contribution in [0.25, 0.3) is 0 Å². The molecule has 3 nitrogen and oxygen atoms in total. The van der Waals surface area contributed by atoms with Crippen molar-refractivity contribution in [2.45, 2.75) is 70.2 Å². The summed E-state index contributed by atoms with van der Waals surface area (Å²) in [7, 11) is 1.41. The van der Waals surface area contributed by atoms with Gasteiger partial charge in [-0.05, 0) is 45.4 Å². The molecule has 1 fully saturated rings. The number of esters is 1. The van der Waals surface area contributed by atoms with E-state index in [1.165, 1.54) is 7.11 Å². The van der Waals surface area contributed by atoms with Crippen molar-refractivity contribution in [3.8, 4) is 0 Å². The molecule has 4 heteroatoms. The van der Waals surface area contributed by atoms with E-state index < -0.39 is 6.17 Å². The molecule has 0 aromatic carbocycles. The summed E-state index contributed by atoms with van der Waals surface area (Å²) in [6, 6.07) is 0. The fourth-order valence-electron chi connectivity index (χ4n) is 2.38. The molecule has 0 spiro atoms. The number of halogens is 1. The molecule has 0 aromatic rings. The van der Waals surface area contributed by atoms with E-state index >= 15 is 0 Å². The summed E-state index contributed by atoms with van der Waals surface area (Å²) in [5.41, 5.74) is 0. The third kappa shape index (κ3) is 12.3. The smallest absolute Gasteiger partial charge is 0.305 e. The van der Waals surface area contributed by atoms with Crippen LogP contribution in [0, 0.1) is 0 Å². The van der Waals surface area contributed by atoms with Gasteiger partial charge in [0.05, 0.1) is 19.4 Å². The lowest BCUT2D eigenvalue weighted by molar-refractivity contribution is -0.140. The van der Waals surface area contributed by atoms with Gasteiger partial charge in [-0.1, -0.05) is 48.6 Å². The number of allylic oxidation sites excluding steroid dienone is 7. The summed E-state index contributed by atoms with van der Waals surface area (Å²) in [5, 5.41) is 0. The van der Waals surface area contributed by atoms with Gasteiger partial charge in [0.25, 0.3) is 0 Å². The van der Waals surface area contributed by atoms with Gasteiger partial charge in [0.2, 0.25) is 0 Å². The lowest BCUT2D eigenvalue weighted by Gasteiger charge is -1.96. The van der Waals surface area contributed by atoms with Gasteiger partial charge >= 0.3 is 5.97 Å².